The summed E-state index contributed by atoms with van der Waals surface area (Å²) in [5.74, 6) is 0. The Bertz CT molecular complexity index is 337. The van der Waals surface area contributed by atoms with Crippen LogP contribution in [0.1, 0.15) is 12.5 Å². The first-order valence-corrected chi connectivity index (χ1v) is 6.12. The Morgan fingerprint density at radius 3 is 2.69 bits per heavy atom. The van der Waals surface area contributed by atoms with Crippen LogP contribution in [0.15, 0.2) is 28.7 Å². The summed E-state index contributed by atoms with van der Waals surface area (Å²) >= 11 is 3.38. The molecule has 1 aliphatic heterocycles. The van der Waals surface area contributed by atoms with Crippen LogP contribution in [-0.2, 0) is 16.1 Å². The Kier molecular flexibility index (Phi) is 3.97. The van der Waals surface area contributed by atoms with Gasteiger partial charge in [0.25, 0.3) is 0 Å². The number of ether oxygens (including phenoxy) is 2. The number of rotatable bonds is 5. The lowest BCUT2D eigenvalue weighted by Crippen LogP contribution is -2.14. The highest BCUT2D eigenvalue weighted by Crippen LogP contribution is 2.25. The number of epoxide rings is 1. The van der Waals surface area contributed by atoms with Crippen molar-refractivity contribution in [1.82, 2.24) is 0 Å². The molecule has 1 N–H and O–H groups in total. The van der Waals surface area contributed by atoms with Crippen LogP contribution in [0.5, 0.6) is 0 Å². The molecule has 0 spiro atoms. The lowest BCUT2D eigenvalue weighted by atomic mass is 10.2. The predicted octanol–water partition coefficient (Wildman–Crippen LogP) is 2.11. The van der Waals surface area contributed by atoms with Gasteiger partial charge in [-0.15, -0.1) is 0 Å². The molecule has 88 valence electrons. The minimum Gasteiger partial charge on any atom is -0.391 e. The maximum atomic E-state index is 9.22. The van der Waals surface area contributed by atoms with E-state index in [1.807, 2.05) is 24.3 Å². The van der Waals surface area contributed by atoms with E-state index in [1.54, 1.807) is 6.92 Å². The second kappa shape index (κ2) is 5.27. The van der Waals surface area contributed by atoms with Crippen molar-refractivity contribution in [3.63, 3.8) is 0 Å². The first kappa shape index (κ1) is 12.0. The number of aliphatic hydroxyl groups excluding tert-OH is 1. The molecule has 4 heteroatoms. The van der Waals surface area contributed by atoms with E-state index in [9.17, 15) is 5.11 Å². The van der Waals surface area contributed by atoms with E-state index < -0.39 is 6.10 Å². The molecule has 1 fully saturated rings. The third-order valence-electron chi connectivity index (χ3n) is 2.56. The third-order valence-corrected chi connectivity index (χ3v) is 3.09. The van der Waals surface area contributed by atoms with Crippen LogP contribution in [0, 0.1) is 0 Å². The molecule has 0 aromatic heterocycles. The van der Waals surface area contributed by atoms with E-state index >= 15 is 0 Å². The second-order valence-corrected chi connectivity index (χ2v) is 4.94. The van der Waals surface area contributed by atoms with Crippen LogP contribution >= 0.6 is 15.9 Å². The predicted molar refractivity (Wildman–Crippen MR) is 64.1 cm³/mol. The highest BCUT2D eigenvalue weighted by Gasteiger charge is 2.42. The zero-order chi connectivity index (χ0) is 11.5. The van der Waals surface area contributed by atoms with Gasteiger partial charge in [0.15, 0.2) is 0 Å². The third kappa shape index (κ3) is 3.28. The molecule has 2 rings (SSSR count). The van der Waals surface area contributed by atoms with Gasteiger partial charge in [0, 0.05) is 4.47 Å². The van der Waals surface area contributed by atoms with Crippen molar-refractivity contribution in [2.75, 3.05) is 6.61 Å². The topological polar surface area (TPSA) is 42.0 Å². The second-order valence-electron chi connectivity index (χ2n) is 4.02. The fraction of sp³-hybridized carbons (Fsp3) is 0.500. The summed E-state index contributed by atoms with van der Waals surface area (Å²) in [5, 5.41) is 9.22. The molecular weight excluding hydrogens is 272 g/mol. The molecule has 0 radical (unpaired) electrons. The normalized spacial score (nSPS) is 25.4. The minimum atomic E-state index is -0.402. The lowest BCUT2D eigenvalue weighted by molar-refractivity contribution is 0.104. The minimum absolute atomic E-state index is 0.0371. The Morgan fingerprint density at radius 1 is 1.44 bits per heavy atom. The molecule has 1 aromatic carbocycles. The van der Waals surface area contributed by atoms with Crippen molar-refractivity contribution in [3.8, 4) is 0 Å². The van der Waals surface area contributed by atoms with Gasteiger partial charge in [0.05, 0.1) is 19.3 Å². The summed E-state index contributed by atoms with van der Waals surface area (Å²) in [6, 6.07) is 8.02. The van der Waals surface area contributed by atoms with Crippen LogP contribution in [0.25, 0.3) is 0 Å². The van der Waals surface area contributed by atoms with E-state index in [0.717, 1.165) is 10.0 Å². The maximum absolute atomic E-state index is 9.22. The summed E-state index contributed by atoms with van der Waals surface area (Å²) in [6.45, 7) is 2.87. The van der Waals surface area contributed by atoms with Gasteiger partial charge in [-0.25, -0.2) is 0 Å². The Hall–Kier alpha value is -0.420. The molecule has 1 aromatic rings. The lowest BCUT2D eigenvalue weighted by Gasteiger charge is -2.03. The molecule has 0 amide bonds. The average molecular weight is 287 g/mol. The van der Waals surface area contributed by atoms with Gasteiger partial charge in [-0.1, -0.05) is 28.1 Å². The van der Waals surface area contributed by atoms with Crippen molar-refractivity contribution in [1.29, 1.82) is 0 Å². The molecule has 0 aliphatic carbocycles. The highest BCUT2D eigenvalue weighted by molar-refractivity contribution is 9.10. The molecular formula is C12H15BrO3. The molecule has 0 unspecified atom stereocenters. The monoisotopic (exact) mass is 286 g/mol. The number of benzene rings is 1. The Balaban J connectivity index is 1.67. The fourth-order valence-corrected chi connectivity index (χ4v) is 1.85. The standard InChI is InChI=1S/C12H15BrO3/c1-8(14)12-11(16-12)7-15-6-9-2-4-10(13)5-3-9/h2-5,8,11-12,14H,6-7H2,1H3/t8-,11-,12+/m1/s1. The van der Waals surface area contributed by atoms with Gasteiger partial charge in [-0.05, 0) is 24.6 Å². The summed E-state index contributed by atoms with van der Waals surface area (Å²) in [4.78, 5) is 0. The molecule has 0 saturated carbocycles. The molecule has 3 atom stereocenters. The van der Waals surface area contributed by atoms with Crippen molar-refractivity contribution >= 4 is 15.9 Å². The van der Waals surface area contributed by atoms with Gasteiger partial charge >= 0.3 is 0 Å². The van der Waals surface area contributed by atoms with Crippen molar-refractivity contribution in [2.24, 2.45) is 0 Å². The molecule has 0 bridgehead atoms. The van der Waals surface area contributed by atoms with Crippen LogP contribution in [0.4, 0.5) is 0 Å². The Morgan fingerprint density at radius 2 is 2.12 bits per heavy atom. The Labute approximate surface area is 104 Å². The maximum Gasteiger partial charge on any atom is 0.112 e. The van der Waals surface area contributed by atoms with E-state index in [2.05, 4.69) is 15.9 Å². The first-order chi connectivity index (χ1) is 7.66. The van der Waals surface area contributed by atoms with Gasteiger partial charge in [0.2, 0.25) is 0 Å². The number of halogens is 1. The van der Waals surface area contributed by atoms with Crippen LogP contribution in [0.2, 0.25) is 0 Å². The molecule has 3 nitrogen and oxygen atoms in total. The van der Waals surface area contributed by atoms with Gasteiger partial charge in [-0.2, -0.15) is 0 Å². The summed E-state index contributed by atoms with van der Waals surface area (Å²) in [6.07, 6.45) is -0.373. The largest absolute Gasteiger partial charge is 0.391 e. The van der Waals surface area contributed by atoms with Crippen LogP contribution in [0.3, 0.4) is 0 Å². The molecule has 16 heavy (non-hydrogen) atoms. The number of aliphatic hydroxyl groups is 1. The van der Waals surface area contributed by atoms with E-state index in [1.165, 1.54) is 0 Å². The van der Waals surface area contributed by atoms with Crippen molar-refractivity contribution in [3.05, 3.63) is 34.3 Å². The molecule has 1 aliphatic rings. The first-order valence-electron chi connectivity index (χ1n) is 5.32. The zero-order valence-corrected chi connectivity index (χ0v) is 10.7. The van der Waals surface area contributed by atoms with Crippen molar-refractivity contribution < 1.29 is 14.6 Å². The quantitative estimate of drug-likeness (QED) is 0.843. The van der Waals surface area contributed by atoms with Crippen LogP contribution < -0.4 is 0 Å². The average Bonchev–Trinajstić information content (AvgIpc) is 3.01. The number of hydrogen-bond acceptors (Lipinski definition) is 3. The highest BCUT2D eigenvalue weighted by atomic mass is 79.9. The summed E-state index contributed by atoms with van der Waals surface area (Å²) < 4.78 is 11.8. The number of hydrogen-bond donors (Lipinski definition) is 1. The van der Waals surface area contributed by atoms with E-state index in [4.69, 9.17) is 9.47 Å². The summed E-state index contributed by atoms with van der Waals surface area (Å²) in [5.41, 5.74) is 1.14. The van der Waals surface area contributed by atoms with Gasteiger partial charge in [-0.3, -0.25) is 0 Å². The zero-order valence-electron chi connectivity index (χ0n) is 9.10. The summed E-state index contributed by atoms with van der Waals surface area (Å²) in [7, 11) is 0. The van der Waals surface area contributed by atoms with E-state index in [0.29, 0.717) is 13.2 Å². The smallest absolute Gasteiger partial charge is 0.112 e. The SMILES string of the molecule is C[C@@H](O)[C@@H]1O[C@@H]1COCc1ccc(Br)cc1. The van der Waals surface area contributed by atoms with Gasteiger partial charge < -0.3 is 14.6 Å². The molecule has 1 saturated heterocycles. The van der Waals surface area contributed by atoms with E-state index in [-0.39, 0.29) is 12.2 Å². The van der Waals surface area contributed by atoms with Crippen LogP contribution in [-0.4, -0.2) is 30.0 Å². The molecule has 1 heterocycles. The fourth-order valence-electron chi connectivity index (χ4n) is 1.59. The van der Waals surface area contributed by atoms with Crippen molar-refractivity contribution in [2.45, 2.75) is 31.8 Å². The van der Waals surface area contributed by atoms with Gasteiger partial charge in [0.1, 0.15) is 12.2 Å².